The van der Waals surface area contributed by atoms with Crippen molar-refractivity contribution in [3.05, 3.63) is 72.3 Å². The molecule has 3 aromatic carbocycles. The fourth-order valence-electron chi connectivity index (χ4n) is 3.80. The van der Waals surface area contributed by atoms with Crippen LogP contribution in [-0.4, -0.2) is 20.9 Å². The molecule has 0 aliphatic carbocycles. The van der Waals surface area contributed by atoms with Crippen LogP contribution in [0.1, 0.15) is 31.4 Å². The summed E-state index contributed by atoms with van der Waals surface area (Å²) in [5.74, 6) is -0.310. The van der Waals surface area contributed by atoms with E-state index in [1.54, 1.807) is 18.2 Å². The van der Waals surface area contributed by atoms with E-state index in [4.69, 9.17) is 0 Å². The molecule has 1 N–H and O–H groups in total. The molecule has 1 aliphatic heterocycles. The van der Waals surface area contributed by atoms with E-state index in [0.717, 1.165) is 23.8 Å². The number of amides is 1. The Hall–Kier alpha value is -2.86. The first-order valence-electron chi connectivity index (χ1n) is 9.41. The molecule has 1 heterocycles. The third-order valence-electron chi connectivity index (χ3n) is 5.08. The van der Waals surface area contributed by atoms with Crippen LogP contribution in [0.25, 0.3) is 10.8 Å². The van der Waals surface area contributed by atoms with E-state index in [0.29, 0.717) is 11.1 Å². The molecule has 28 heavy (non-hydrogen) atoms. The summed E-state index contributed by atoms with van der Waals surface area (Å²) >= 11 is 0. The second-order valence-electron chi connectivity index (χ2n) is 6.96. The molecule has 144 valence electrons. The van der Waals surface area contributed by atoms with Gasteiger partial charge in [-0.25, -0.2) is 8.42 Å². The minimum absolute atomic E-state index is 0.137. The number of sulfonamides is 1. The van der Waals surface area contributed by atoms with Crippen molar-refractivity contribution in [2.45, 2.75) is 30.7 Å². The average molecular weight is 394 g/mol. The van der Waals surface area contributed by atoms with Crippen LogP contribution >= 0.6 is 0 Å². The summed E-state index contributed by atoms with van der Waals surface area (Å²) in [6.45, 7) is 1.83. The van der Waals surface area contributed by atoms with Gasteiger partial charge in [0.15, 0.2) is 0 Å². The predicted molar refractivity (Wildman–Crippen MR) is 111 cm³/mol. The predicted octanol–water partition coefficient (Wildman–Crippen LogP) is 4.01. The topological polar surface area (TPSA) is 66.5 Å². The number of anilines is 1. The molecular weight excluding hydrogens is 372 g/mol. The molecule has 3 aromatic rings. The van der Waals surface area contributed by atoms with Crippen molar-refractivity contribution in [2.24, 2.45) is 0 Å². The van der Waals surface area contributed by atoms with Crippen molar-refractivity contribution in [3.8, 4) is 0 Å². The Morgan fingerprint density at radius 1 is 1.00 bits per heavy atom. The van der Waals surface area contributed by atoms with Gasteiger partial charge in [0.05, 0.1) is 16.6 Å². The SMILES string of the molecule is CCCC(NC(=O)CN1c2cccc3cccc(c23)S1(=O)=O)c1ccccc1. The number of nitrogens with one attached hydrogen (secondary N) is 1. The average Bonchev–Trinajstić information content (AvgIpc) is 2.92. The van der Waals surface area contributed by atoms with Crippen LogP contribution in [0.5, 0.6) is 0 Å². The fraction of sp³-hybridized carbons (Fsp3) is 0.227. The van der Waals surface area contributed by atoms with E-state index in [9.17, 15) is 13.2 Å². The van der Waals surface area contributed by atoms with Gasteiger partial charge in [0.2, 0.25) is 5.91 Å². The molecule has 1 atom stereocenters. The number of carbonyl (C=O) groups is 1. The van der Waals surface area contributed by atoms with Crippen LogP contribution in [0.4, 0.5) is 5.69 Å². The summed E-state index contributed by atoms with van der Waals surface area (Å²) < 4.78 is 27.3. The summed E-state index contributed by atoms with van der Waals surface area (Å²) in [7, 11) is -3.73. The first kappa shape index (κ1) is 18.5. The van der Waals surface area contributed by atoms with Gasteiger partial charge in [-0.1, -0.05) is 67.9 Å². The monoisotopic (exact) mass is 394 g/mol. The third-order valence-corrected chi connectivity index (χ3v) is 6.89. The number of benzene rings is 3. The first-order valence-corrected chi connectivity index (χ1v) is 10.8. The molecule has 0 saturated heterocycles. The minimum Gasteiger partial charge on any atom is -0.348 e. The van der Waals surface area contributed by atoms with E-state index >= 15 is 0 Å². The van der Waals surface area contributed by atoms with Crippen molar-refractivity contribution in [2.75, 3.05) is 10.8 Å². The van der Waals surface area contributed by atoms with Crippen LogP contribution in [-0.2, 0) is 14.8 Å². The zero-order valence-electron chi connectivity index (χ0n) is 15.6. The number of rotatable bonds is 6. The Morgan fingerprint density at radius 3 is 2.43 bits per heavy atom. The van der Waals surface area contributed by atoms with E-state index < -0.39 is 10.0 Å². The Kier molecular flexibility index (Phi) is 4.81. The van der Waals surface area contributed by atoms with Gasteiger partial charge in [-0.2, -0.15) is 0 Å². The Bertz CT molecular complexity index is 1120. The molecule has 6 heteroatoms. The van der Waals surface area contributed by atoms with Gasteiger partial charge in [-0.3, -0.25) is 9.10 Å². The summed E-state index contributed by atoms with van der Waals surface area (Å²) in [6, 6.07) is 20.3. The summed E-state index contributed by atoms with van der Waals surface area (Å²) in [5, 5.41) is 4.55. The molecule has 1 aliphatic rings. The molecule has 1 unspecified atom stereocenters. The Balaban J connectivity index is 1.61. The van der Waals surface area contributed by atoms with Gasteiger partial charge >= 0.3 is 0 Å². The van der Waals surface area contributed by atoms with Crippen molar-refractivity contribution >= 4 is 32.4 Å². The van der Waals surface area contributed by atoms with E-state index in [1.807, 2.05) is 48.5 Å². The zero-order chi connectivity index (χ0) is 19.7. The molecular formula is C22H22N2O3S. The third kappa shape index (κ3) is 3.14. The highest BCUT2D eigenvalue weighted by molar-refractivity contribution is 7.93. The van der Waals surface area contributed by atoms with Crippen molar-refractivity contribution in [1.29, 1.82) is 0 Å². The van der Waals surface area contributed by atoms with Gasteiger partial charge in [0.1, 0.15) is 6.54 Å². The molecule has 0 fully saturated rings. The van der Waals surface area contributed by atoms with Gasteiger partial charge in [0.25, 0.3) is 10.0 Å². The summed E-state index contributed by atoms with van der Waals surface area (Å²) in [4.78, 5) is 13.1. The normalized spacial score (nSPS) is 15.5. The smallest absolute Gasteiger partial charge is 0.265 e. The van der Waals surface area contributed by atoms with E-state index in [-0.39, 0.29) is 23.4 Å². The molecule has 0 radical (unpaired) electrons. The molecule has 4 rings (SSSR count). The summed E-state index contributed by atoms with van der Waals surface area (Å²) in [5.41, 5.74) is 1.59. The highest BCUT2D eigenvalue weighted by atomic mass is 32.2. The molecule has 0 saturated carbocycles. The van der Waals surface area contributed by atoms with E-state index in [1.165, 1.54) is 4.31 Å². The van der Waals surface area contributed by atoms with Crippen LogP contribution in [0.2, 0.25) is 0 Å². The summed E-state index contributed by atoms with van der Waals surface area (Å²) in [6.07, 6.45) is 1.70. The lowest BCUT2D eigenvalue weighted by Gasteiger charge is -2.22. The van der Waals surface area contributed by atoms with Gasteiger partial charge in [0, 0.05) is 5.39 Å². The number of hydrogen-bond donors (Lipinski definition) is 1. The Labute approximate surface area is 165 Å². The van der Waals surface area contributed by atoms with Crippen molar-refractivity contribution < 1.29 is 13.2 Å². The molecule has 0 spiro atoms. The highest BCUT2D eigenvalue weighted by Gasteiger charge is 2.36. The molecule has 0 bridgehead atoms. The maximum atomic E-state index is 13.0. The molecule has 5 nitrogen and oxygen atoms in total. The van der Waals surface area contributed by atoms with Gasteiger partial charge in [-0.15, -0.1) is 0 Å². The largest absolute Gasteiger partial charge is 0.348 e. The van der Waals surface area contributed by atoms with Crippen LogP contribution in [0, 0.1) is 0 Å². The van der Waals surface area contributed by atoms with Crippen molar-refractivity contribution in [3.63, 3.8) is 0 Å². The first-order chi connectivity index (χ1) is 13.5. The van der Waals surface area contributed by atoms with Crippen LogP contribution in [0.15, 0.2) is 71.6 Å². The highest BCUT2D eigenvalue weighted by Crippen LogP contribution is 2.41. The number of hydrogen-bond acceptors (Lipinski definition) is 3. The standard InChI is InChI=1S/C22H22N2O3S/c1-2-8-18(16-9-4-3-5-10-16)23-21(25)15-24-19-13-6-11-17-12-7-14-20(22(17)19)28(24,26)27/h3-7,9-14,18H,2,8,15H2,1H3,(H,23,25). The fourth-order valence-corrected chi connectivity index (χ4v) is 5.46. The lowest BCUT2D eigenvalue weighted by molar-refractivity contribution is -0.120. The minimum atomic E-state index is -3.73. The maximum absolute atomic E-state index is 13.0. The van der Waals surface area contributed by atoms with Crippen LogP contribution in [0.3, 0.4) is 0 Å². The second kappa shape index (κ2) is 7.28. The van der Waals surface area contributed by atoms with Crippen LogP contribution < -0.4 is 9.62 Å². The van der Waals surface area contributed by atoms with E-state index in [2.05, 4.69) is 12.2 Å². The Morgan fingerprint density at radius 2 is 1.71 bits per heavy atom. The van der Waals surface area contributed by atoms with Gasteiger partial charge in [-0.05, 0) is 29.5 Å². The quantitative estimate of drug-likeness (QED) is 0.687. The number of nitrogens with zero attached hydrogens (tertiary/aromatic N) is 1. The number of carbonyl (C=O) groups excluding carboxylic acids is 1. The maximum Gasteiger partial charge on any atom is 0.265 e. The lowest BCUT2D eigenvalue weighted by Crippen LogP contribution is -2.40. The lowest BCUT2D eigenvalue weighted by atomic mass is 10.0. The zero-order valence-corrected chi connectivity index (χ0v) is 16.4. The second-order valence-corrected chi connectivity index (χ2v) is 8.79. The van der Waals surface area contributed by atoms with Gasteiger partial charge < -0.3 is 5.32 Å². The van der Waals surface area contributed by atoms with Crippen molar-refractivity contribution in [1.82, 2.24) is 5.32 Å². The molecule has 1 amide bonds. The molecule has 0 aromatic heterocycles.